The summed E-state index contributed by atoms with van der Waals surface area (Å²) in [5, 5.41) is 7.59. The predicted octanol–water partition coefficient (Wildman–Crippen LogP) is 2.97. The average Bonchev–Trinajstić information content (AvgIpc) is 3.53. The highest BCUT2D eigenvalue weighted by Crippen LogP contribution is 2.44. The first-order valence-corrected chi connectivity index (χ1v) is 8.92. The molecule has 1 aromatic carbocycles. The van der Waals surface area contributed by atoms with Gasteiger partial charge in [0.2, 0.25) is 0 Å². The van der Waals surface area contributed by atoms with Crippen LogP contribution in [0.5, 0.6) is 5.75 Å². The Kier molecular flexibility index (Phi) is 4.42. The van der Waals surface area contributed by atoms with Gasteiger partial charge >= 0.3 is 0 Å². The lowest BCUT2D eigenvalue weighted by molar-refractivity contribution is -0.123. The number of benzene rings is 1. The minimum atomic E-state index is -0.326. The number of carbonyl (C=O) groups excluding carboxylic acids is 1. The summed E-state index contributed by atoms with van der Waals surface area (Å²) in [5.41, 5.74) is 2.53. The van der Waals surface area contributed by atoms with Crippen LogP contribution in [0.15, 0.2) is 30.3 Å². The largest absolute Gasteiger partial charge is 0.484 e. The molecular formula is C19H22FN3O2. The number of ether oxygens (including phenoxy) is 1. The lowest BCUT2D eigenvalue weighted by Gasteiger charge is -2.09. The Morgan fingerprint density at radius 1 is 1.20 bits per heavy atom. The van der Waals surface area contributed by atoms with Crippen LogP contribution in [0.3, 0.4) is 0 Å². The molecule has 0 atom stereocenters. The minimum absolute atomic E-state index is 0.0758. The number of nitrogens with zero attached hydrogens (tertiary/aromatic N) is 2. The second-order valence-corrected chi connectivity index (χ2v) is 6.86. The van der Waals surface area contributed by atoms with Crippen molar-refractivity contribution >= 4 is 5.91 Å². The predicted molar refractivity (Wildman–Crippen MR) is 91.1 cm³/mol. The molecule has 0 spiro atoms. The van der Waals surface area contributed by atoms with E-state index >= 15 is 0 Å². The van der Waals surface area contributed by atoms with Gasteiger partial charge in [0.15, 0.2) is 6.61 Å². The molecule has 1 N–H and O–H groups in total. The highest BCUT2D eigenvalue weighted by atomic mass is 19.1. The van der Waals surface area contributed by atoms with Gasteiger partial charge in [-0.3, -0.25) is 9.48 Å². The molecular weight excluding hydrogens is 321 g/mol. The fraction of sp³-hybridized carbons (Fsp3) is 0.474. The Balaban J connectivity index is 1.24. The SMILES string of the molecule is O=C(COc1ccc(F)cc1)NCCn1nc(C2CC2)cc1C1CC1. The van der Waals surface area contributed by atoms with Crippen LogP contribution in [0.25, 0.3) is 0 Å². The number of halogens is 1. The van der Waals surface area contributed by atoms with Crippen LogP contribution in [0, 0.1) is 5.82 Å². The van der Waals surface area contributed by atoms with Crippen molar-refractivity contribution in [2.24, 2.45) is 0 Å². The van der Waals surface area contributed by atoms with Gasteiger partial charge in [-0.15, -0.1) is 0 Å². The lowest BCUT2D eigenvalue weighted by atomic mass is 10.2. The summed E-state index contributed by atoms with van der Waals surface area (Å²) in [6, 6.07) is 7.89. The molecule has 0 saturated heterocycles. The molecule has 2 aliphatic carbocycles. The van der Waals surface area contributed by atoms with Crippen LogP contribution in [0.4, 0.5) is 4.39 Å². The van der Waals surface area contributed by atoms with Crippen molar-refractivity contribution in [3.05, 3.63) is 47.5 Å². The minimum Gasteiger partial charge on any atom is -0.484 e. The van der Waals surface area contributed by atoms with E-state index < -0.39 is 0 Å². The summed E-state index contributed by atoms with van der Waals surface area (Å²) in [4.78, 5) is 11.9. The quantitative estimate of drug-likeness (QED) is 0.802. The van der Waals surface area contributed by atoms with Crippen molar-refractivity contribution in [3.8, 4) is 5.75 Å². The van der Waals surface area contributed by atoms with Gasteiger partial charge in [0.05, 0.1) is 12.2 Å². The molecule has 2 saturated carbocycles. The van der Waals surface area contributed by atoms with Crippen LogP contribution >= 0.6 is 0 Å². The van der Waals surface area contributed by atoms with E-state index in [4.69, 9.17) is 9.84 Å². The summed E-state index contributed by atoms with van der Waals surface area (Å²) < 4.78 is 20.2. The molecule has 6 heteroatoms. The van der Waals surface area contributed by atoms with E-state index in [2.05, 4.69) is 16.1 Å². The first kappa shape index (κ1) is 16.1. The Labute approximate surface area is 146 Å². The van der Waals surface area contributed by atoms with Gasteiger partial charge in [0, 0.05) is 24.1 Å². The first-order chi connectivity index (χ1) is 12.2. The molecule has 5 nitrogen and oxygen atoms in total. The maximum atomic E-state index is 12.8. The van der Waals surface area contributed by atoms with E-state index in [0.29, 0.717) is 30.7 Å². The molecule has 0 unspecified atom stereocenters. The monoisotopic (exact) mass is 343 g/mol. The molecule has 1 heterocycles. The van der Waals surface area contributed by atoms with Gasteiger partial charge in [-0.1, -0.05) is 0 Å². The maximum Gasteiger partial charge on any atom is 0.258 e. The van der Waals surface area contributed by atoms with Crippen LogP contribution in [0.1, 0.15) is 48.9 Å². The molecule has 0 radical (unpaired) electrons. The zero-order valence-corrected chi connectivity index (χ0v) is 14.1. The van der Waals surface area contributed by atoms with Crippen LogP contribution in [0.2, 0.25) is 0 Å². The zero-order valence-electron chi connectivity index (χ0n) is 14.1. The molecule has 1 amide bonds. The average molecular weight is 343 g/mol. The highest BCUT2D eigenvalue weighted by molar-refractivity contribution is 5.77. The van der Waals surface area contributed by atoms with Gasteiger partial charge in [-0.2, -0.15) is 5.10 Å². The van der Waals surface area contributed by atoms with E-state index in [9.17, 15) is 9.18 Å². The van der Waals surface area contributed by atoms with Crippen molar-refractivity contribution in [3.63, 3.8) is 0 Å². The second-order valence-electron chi connectivity index (χ2n) is 6.86. The summed E-state index contributed by atoms with van der Waals surface area (Å²) in [5.74, 6) is 1.27. The van der Waals surface area contributed by atoms with Gasteiger partial charge in [0.25, 0.3) is 5.91 Å². The van der Waals surface area contributed by atoms with E-state index in [-0.39, 0.29) is 18.3 Å². The number of hydrogen-bond acceptors (Lipinski definition) is 3. The molecule has 0 bridgehead atoms. The summed E-state index contributed by atoms with van der Waals surface area (Å²) in [6.07, 6.45) is 4.98. The smallest absolute Gasteiger partial charge is 0.258 e. The lowest BCUT2D eigenvalue weighted by Crippen LogP contribution is -2.32. The van der Waals surface area contributed by atoms with Crippen LogP contribution in [-0.4, -0.2) is 28.8 Å². The third-order valence-electron chi connectivity index (χ3n) is 4.65. The van der Waals surface area contributed by atoms with Gasteiger partial charge in [-0.25, -0.2) is 4.39 Å². The number of nitrogens with one attached hydrogen (secondary N) is 1. The molecule has 4 rings (SSSR count). The van der Waals surface area contributed by atoms with E-state index in [1.54, 1.807) is 0 Å². The van der Waals surface area contributed by atoms with Crippen LogP contribution < -0.4 is 10.1 Å². The Morgan fingerprint density at radius 2 is 1.92 bits per heavy atom. The fourth-order valence-electron chi connectivity index (χ4n) is 2.95. The van der Waals surface area contributed by atoms with Gasteiger partial charge in [0.1, 0.15) is 11.6 Å². The number of rotatable bonds is 8. The van der Waals surface area contributed by atoms with E-state index in [1.807, 2.05) is 0 Å². The van der Waals surface area contributed by atoms with Crippen LogP contribution in [-0.2, 0) is 11.3 Å². The second kappa shape index (κ2) is 6.86. The number of aromatic nitrogens is 2. The van der Waals surface area contributed by atoms with Crippen molar-refractivity contribution in [1.29, 1.82) is 0 Å². The molecule has 2 aromatic rings. The Bertz CT molecular complexity index is 749. The zero-order chi connectivity index (χ0) is 17.2. The Morgan fingerprint density at radius 3 is 2.60 bits per heavy atom. The topological polar surface area (TPSA) is 56.1 Å². The summed E-state index contributed by atoms with van der Waals surface area (Å²) in [7, 11) is 0. The van der Waals surface area contributed by atoms with Crippen molar-refractivity contribution < 1.29 is 13.9 Å². The van der Waals surface area contributed by atoms with E-state index in [0.717, 1.165) is 0 Å². The van der Waals surface area contributed by atoms with Crippen molar-refractivity contribution in [2.45, 2.75) is 44.1 Å². The number of carbonyl (C=O) groups is 1. The third kappa shape index (κ3) is 4.18. The maximum absolute atomic E-state index is 12.8. The number of amides is 1. The molecule has 2 aliphatic rings. The van der Waals surface area contributed by atoms with Gasteiger partial charge < -0.3 is 10.1 Å². The standard InChI is InChI=1S/C19H22FN3O2/c20-15-5-7-16(8-6-15)25-12-19(24)21-9-10-23-18(14-3-4-14)11-17(22-23)13-1-2-13/h5-8,11,13-14H,1-4,9-10,12H2,(H,21,24). The molecule has 2 fully saturated rings. The fourth-order valence-corrected chi connectivity index (χ4v) is 2.95. The van der Waals surface area contributed by atoms with E-state index in [1.165, 1.54) is 61.3 Å². The summed E-state index contributed by atoms with van der Waals surface area (Å²) in [6.45, 7) is 1.13. The summed E-state index contributed by atoms with van der Waals surface area (Å²) >= 11 is 0. The molecule has 1 aromatic heterocycles. The van der Waals surface area contributed by atoms with Gasteiger partial charge in [-0.05, 0) is 56.0 Å². The first-order valence-electron chi connectivity index (χ1n) is 8.92. The third-order valence-corrected chi connectivity index (χ3v) is 4.65. The highest BCUT2D eigenvalue weighted by Gasteiger charge is 2.32. The molecule has 132 valence electrons. The normalized spacial score (nSPS) is 16.7. The number of hydrogen-bond donors (Lipinski definition) is 1. The molecule has 25 heavy (non-hydrogen) atoms. The van der Waals surface area contributed by atoms with Crippen molar-refractivity contribution in [2.75, 3.05) is 13.2 Å². The Hall–Kier alpha value is -2.37. The van der Waals surface area contributed by atoms with Crippen molar-refractivity contribution in [1.82, 2.24) is 15.1 Å². The molecule has 0 aliphatic heterocycles.